The molecule has 1 atom stereocenters. The van der Waals surface area contributed by atoms with Crippen molar-refractivity contribution >= 4 is 0 Å². The van der Waals surface area contributed by atoms with Crippen LogP contribution in [0, 0.1) is 6.92 Å². The Hall–Kier alpha value is -1.94. The predicted octanol–water partition coefficient (Wildman–Crippen LogP) is 2.49. The van der Waals surface area contributed by atoms with Crippen LogP contribution in [0.25, 0.3) is 0 Å². The monoisotopic (exact) mass is 257 g/mol. The Kier molecular flexibility index (Phi) is 4.47. The fraction of sp³-hybridized carbons (Fsp3) is 0.333. The van der Waals surface area contributed by atoms with E-state index in [1.54, 1.807) is 7.11 Å². The number of aromatic nitrogens is 2. The number of nitrogens with one attached hydrogen (secondary N) is 1. The van der Waals surface area contributed by atoms with Crippen molar-refractivity contribution in [3.05, 3.63) is 53.5 Å². The number of hydrogen-bond acceptors (Lipinski definition) is 4. The maximum absolute atomic E-state index is 5.16. The summed E-state index contributed by atoms with van der Waals surface area (Å²) in [5, 5.41) is 3.45. The summed E-state index contributed by atoms with van der Waals surface area (Å²) in [6.07, 6.45) is 1.54. The quantitative estimate of drug-likeness (QED) is 0.894. The molecular formula is C15H19N3O. The van der Waals surface area contributed by atoms with Gasteiger partial charge in [0, 0.05) is 6.07 Å². The largest absolute Gasteiger partial charge is 0.481 e. The summed E-state index contributed by atoms with van der Waals surface area (Å²) in [5.41, 5.74) is 3.35. The van der Waals surface area contributed by atoms with Gasteiger partial charge >= 0.3 is 0 Å². The topological polar surface area (TPSA) is 47.0 Å². The van der Waals surface area contributed by atoms with Gasteiger partial charge < -0.3 is 10.1 Å². The second-order valence-electron chi connectivity index (χ2n) is 4.39. The standard InChI is InChI=1S/C15H19N3O/c1-4-16-15(12-7-5-6-11(2)8-12)13-9-14(19-3)18-10-17-13/h5-10,15-16H,4H2,1-3H3. The van der Waals surface area contributed by atoms with E-state index in [4.69, 9.17) is 4.74 Å². The van der Waals surface area contributed by atoms with Crippen LogP contribution in [0.15, 0.2) is 36.7 Å². The summed E-state index contributed by atoms with van der Waals surface area (Å²) >= 11 is 0. The molecule has 1 aromatic carbocycles. The van der Waals surface area contributed by atoms with Gasteiger partial charge in [-0.1, -0.05) is 36.8 Å². The van der Waals surface area contributed by atoms with Crippen LogP contribution in [0.5, 0.6) is 5.88 Å². The highest BCUT2D eigenvalue weighted by atomic mass is 16.5. The Bertz CT molecular complexity index is 542. The minimum Gasteiger partial charge on any atom is -0.481 e. The molecule has 4 heteroatoms. The van der Waals surface area contributed by atoms with E-state index < -0.39 is 0 Å². The van der Waals surface area contributed by atoms with Crippen molar-refractivity contribution in [3.8, 4) is 5.88 Å². The lowest BCUT2D eigenvalue weighted by Crippen LogP contribution is -2.23. The van der Waals surface area contributed by atoms with Gasteiger partial charge in [0.15, 0.2) is 0 Å². The van der Waals surface area contributed by atoms with Crippen LogP contribution in [0.4, 0.5) is 0 Å². The highest BCUT2D eigenvalue weighted by molar-refractivity contribution is 5.32. The highest BCUT2D eigenvalue weighted by Gasteiger charge is 2.15. The molecule has 4 nitrogen and oxygen atoms in total. The van der Waals surface area contributed by atoms with Crippen LogP contribution in [-0.4, -0.2) is 23.6 Å². The maximum atomic E-state index is 5.16. The zero-order valence-corrected chi connectivity index (χ0v) is 11.6. The van der Waals surface area contributed by atoms with Crippen LogP contribution in [0.2, 0.25) is 0 Å². The van der Waals surface area contributed by atoms with Crippen molar-refractivity contribution in [2.45, 2.75) is 19.9 Å². The molecule has 0 amide bonds. The average molecular weight is 257 g/mol. The van der Waals surface area contributed by atoms with E-state index in [0.717, 1.165) is 12.2 Å². The van der Waals surface area contributed by atoms with Crippen LogP contribution in [-0.2, 0) is 0 Å². The van der Waals surface area contributed by atoms with Crippen LogP contribution < -0.4 is 10.1 Å². The van der Waals surface area contributed by atoms with Crippen LogP contribution in [0.3, 0.4) is 0 Å². The molecule has 0 fully saturated rings. The molecule has 1 aromatic heterocycles. The van der Waals surface area contributed by atoms with Gasteiger partial charge in [0.05, 0.1) is 18.8 Å². The fourth-order valence-corrected chi connectivity index (χ4v) is 2.07. The Morgan fingerprint density at radius 3 is 2.79 bits per heavy atom. The molecule has 0 aliphatic heterocycles. The van der Waals surface area contributed by atoms with Crippen molar-refractivity contribution in [1.82, 2.24) is 15.3 Å². The lowest BCUT2D eigenvalue weighted by molar-refractivity contribution is 0.395. The molecule has 1 N–H and O–H groups in total. The molecule has 1 unspecified atom stereocenters. The zero-order valence-electron chi connectivity index (χ0n) is 11.6. The molecule has 0 saturated carbocycles. The minimum atomic E-state index is 0.0572. The fourth-order valence-electron chi connectivity index (χ4n) is 2.07. The van der Waals surface area contributed by atoms with Gasteiger partial charge in [-0.25, -0.2) is 9.97 Å². The van der Waals surface area contributed by atoms with Gasteiger partial charge in [-0.15, -0.1) is 0 Å². The second-order valence-corrected chi connectivity index (χ2v) is 4.39. The SMILES string of the molecule is CCNC(c1cccc(C)c1)c1cc(OC)ncn1. The summed E-state index contributed by atoms with van der Waals surface area (Å²) < 4.78 is 5.16. The molecule has 19 heavy (non-hydrogen) atoms. The number of rotatable bonds is 5. The van der Waals surface area contributed by atoms with Gasteiger partial charge in [-0.2, -0.15) is 0 Å². The van der Waals surface area contributed by atoms with Gasteiger partial charge in [0.1, 0.15) is 6.33 Å². The lowest BCUT2D eigenvalue weighted by Gasteiger charge is -2.18. The predicted molar refractivity (Wildman–Crippen MR) is 75.3 cm³/mol. The summed E-state index contributed by atoms with van der Waals surface area (Å²) in [4.78, 5) is 8.41. The van der Waals surface area contributed by atoms with Crippen molar-refractivity contribution in [2.75, 3.05) is 13.7 Å². The van der Waals surface area contributed by atoms with Gasteiger partial charge in [-0.3, -0.25) is 0 Å². The van der Waals surface area contributed by atoms with E-state index in [0.29, 0.717) is 5.88 Å². The summed E-state index contributed by atoms with van der Waals surface area (Å²) in [6, 6.07) is 10.4. The van der Waals surface area contributed by atoms with E-state index in [2.05, 4.69) is 53.4 Å². The number of benzene rings is 1. The van der Waals surface area contributed by atoms with Crippen molar-refractivity contribution in [2.24, 2.45) is 0 Å². The number of methoxy groups -OCH3 is 1. The van der Waals surface area contributed by atoms with Crippen LogP contribution >= 0.6 is 0 Å². The van der Waals surface area contributed by atoms with E-state index in [-0.39, 0.29) is 6.04 Å². The van der Waals surface area contributed by atoms with Gasteiger partial charge in [0.25, 0.3) is 0 Å². The zero-order chi connectivity index (χ0) is 13.7. The van der Waals surface area contributed by atoms with Crippen molar-refractivity contribution < 1.29 is 4.74 Å². The first-order valence-corrected chi connectivity index (χ1v) is 6.40. The second kappa shape index (κ2) is 6.29. The third kappa shape index (κ3) is 3.29. The minimum absolute atomic E-state index is 0.0572. The van der Waals surface area contributed by atoms with Crippen LogP contribution in [0.1, 0.15) is 29.8 Å². The third-order valence-corrected chi connectivity index (χ3v) is 2.95. The Balaban J connectivity index is 2.38. The summed E-state index contributed by atoms with van der Waals surface area (Å²) in [7, 11) is 1.61. The average Bonchev–Trinajstić information content (AvgIpc) is 2.45. The van der Waals surface area contributed by atoms with Crippen molar-refractivity contribution in [1.29, 1.82) is 0 Å². The Morgan fingerprint density at radius 1 is 1.26 bits per heavy atom. The Labute approximate surface area is 113 Å². The van der Waals surface area contributed by atoms with E-state index >= 15 is 0 Å². The first-order chi connectivity index (χ1) is 9.24. The van der Waals surface area contributed by atoms with Gasteiger partial charge in [0.2, 0.25) is 5.88 Å². The van der Waals surface area contributed by atoms with Crippen molar-refractivity contribution in [3.63, 3.8) is 0 Å². The molecular weight excluding hydrogens is 238 g/mol. The van der Waals surface area contributed by atoms with E-state index in [1.807, 2.05) is 6.07 Å². The first-order valence-electron chi connectivity index (χ1n) is 6.40. The molecule has 0 saturated heterocycles. The number of aryl methyl sites for hydroxylation is 1. The Morgan fingerprint density at radius 2 is 2.11 bits per heavy atom. The molecule has 2 rings (SSSR count). The molecule has 100 valence electrons. The summed E-state index contributed by atoms with van der Waals surface area (Å²) in [6.45, 7) is 5.04. The number of ether oxygens (including phenoxy) is 1. The molecule has 2 aromatic rings. The van der Waals surface area contributed by atoms with Gasteiger partial charge in [-0.05, 0) is 19.0 Å². The normalized spacial score (nSPS) is 12.2. The number of hydrogen-bond donors (Lipinski definition) is 1. The summed E-state index contributed by atoms with van der Waals surface area (Å²) in [5.74, 6) is 0.584. The molecule has 0 bridgehead atoms. The molecule has 0 radical (unpaired) electrons. The van der Waals surface area contributed by atoms with E-state index in [9.17, 15) is 0 Å². The molecule has 1 heterocycles. The first kappa shape index (κ1) is 13.5. The maximum Gasteiger partial charge on any atom is 0.216 e. The smallest absolute Gasteiger partial charge is 0.216 e. The molecule has 0 aliphatic carbocycles. The molecule has 0 spiro atoms. The lowest BCUT2D eigenvalue weighted by atomic mass is 10.0. The highest BCUT2D eigenvalue weighted by Crippen LogP contribution is 2.22. The molecule has 0 aliphatic rings. The third-order valence-electron chi connectivity index (χ3n) is 2.95. The number of nitrogens with zero attached hydrogens (tertiary/aromatic N) is 2. The van der Waals surface area contributed by atoms with E-state index in [1.165, 1.54) is 17.5 Å².